The van der Waals surface area contributed by atoms with Crippen LogP contribution in [0.5, 0.6) is 0 Å². The zero-order valence-corrected chi connectivity index (χ0v) is 9.10. The first-order valence-corrected chi connectivity index (χ1v) is 5.15. The Bertz CT molecular complexity index is 510. The van der Waals surface area contributed by atoms with Crippen molar-refractivity contribution in [3.63, 3.8) is 0 Å². The van der Waals surface area contributed by atoms with Gasteiger partial charge in [0, 0.05) is 17.4 Å². The first kappa shape index (κ1) is 11.4. The van der Waals surface area contributed by atoms with Gasteiger partial charge in [0.2, 0.25) is 0 Å². The number of hydrogen-bond donors (Lipinski definition) is 1. The van der Waals surface area contributed by atoms with Gasteiger partial charge in [0.25, 0.3) is 5.92 Å². The second-order valence-corrected chi connectivity index (χ2v) is 3.93. The van der Waals surface area contributed by atoms with Crippen LogP contribution in [0, 0.1) is 0 Å². The Hall–Kier alpha value is -1.13. The van der Waals surface area contributed by atoms with Crippen molar-refractivity contribution in [1.29, 1.82) is 0 Å². The molecule has 2 nitrogen and oxygen atoms in total. The molecule has 2 N–H and O–H groups in total. The van der Waals surface area contributed by atoms with Gasteiger partial charge in [-0.3, -0.25) is 0 Å². The third kappa shape index (κ3) is 2.03. The predicted octanol–water partition coefficient (Wildman–Crippen LogP) is 3.22. The Morgan fingerprint density at radius 3 is 2.69 bits per heavy atom. The van der Waals surface area contributed by atoms with Gasteiger partial charge in [-0.15, -0.1) is 0 Å². The number of halogens is 3. The lowest BCUT2D eigenvalue weighted by Gasteiger charge is -2.12. The van der Waals surface area contributed by atoms with Crippen LogP contribution in [0.15, 0.2) is 28.7 Å². The largest absolute Gasteiger partial charge is 0.444 e. The molecule has 0 unspecified atom stereocenters. The summed E-state index contributed by atoms with van der Waals surface area (Å²) in [7, 11) is 0. The molecule has 0 spiro atoms. The Morgan fingerprint density at radius 2 is 2.00 bits per heavy atom. The van der Waals surface area contributed by atoms with Crippen LogP contribution < -0.4 is 5.73 Å². The van der Waals surface area contributed by atoms with Crippen molar-refractivity contribution in [3.8, 4) is 0 Å². The number of nitrogens with two attached hydrogens (primary N) is 1. The first-order valence-electron chi connectivity index (χ1n) is 4.77. The Labute approximate surface area is 96.0 Å². The van der Waals surface area contributed by atoms with Gasteiger partial charge in [-0.05, 0) is 17.7 Å². The number of alkyl halides is 2. The summed E-state index contributed by atoms with van der Waals surface area (Å²) in [5, 5.41) is 0.620. The molecule has 0 radical (unpaired) electrons. The van der Waals surface area contributed by atoms with Crippen LogP contribution in [0.3, 0.4) is 0 Å². The first-order chi connectivity index (χ1) is 7.53. The molecule has 0 saturated carbocycles. The summed E-state index contributed by atoms with van der Waals surface area (Å²) in [5.41, 5.74) is 5.82. The lowest BCUT2D eigenvalue weighted by molar-refractivity contribution is 0.0116. The summed E-state index contributed by atoms with van der Waals surface area (Å²) in [6.07, 6.45) is -0.501. The average molecular weight is 246 g/mol. The van der Waals surface area contributed by atoms with Gasteiger partial charge in [0.15, 0.2) is 5.22 Å². The minimum atomic E-state index is -2.96. The van der Waals surface area contributed by atoms with Crippen molar-refractivity contribution in [2.24, 2.45) is 5.73 Å². The maximum atomic E-state index is 13.2. The van der Waals surface area contributed by atoms with E-state index in [2.05, 4.69) is 0 Å². The van der Waals surface area contributed by atoms with Gasteiger partial charge >= 0.3 is 0 Å². The van der Waals surface area contributed by atoms with Gasteiger partial charge in [-0.1, -0.05) is 18.2 Å². The highest BCUT2D eigenvalue weighted by Crippen LogP contribution is 2.33. The maximum absolute atomic E-state index is 13.2. The molecule has 0 atom stereocenters. The van der Waals surface area contributed by atoms with E-state index in [0.29, 0.717) is 16.5 Å². The number of fused-ring (bicyclic) bond motifs is 1. The molecule has 16 heavy (non-hydrogen) atoms. The van der Waals surface area contributed by atoms with Crippen LogP contribution in [0.4, 0.5) is 8.78 Å². The molecule has 1 aromatic carbocycles. The third-order valence-corrected chi connectivity index (χ3v) is 2.69. The zero-order chi connectivity index (χ0) is 11.8. The highest BCUT2D eigenvalue weighted by Gasteiger charge is 2.30. The number of benzene rings is 1. The normalized spacial score (nSPS) is 12.2. The summed E-state index contributed by atoms with van der Waals surface area (Å²) < 4.78 is 31.6. The molecule has 1 heterocycles. The van der Waals surface area contributed by atoms with Crippen LogP contribution >= 0.6 is 11.6 Å². The smallest absolute Gasteiger partial charge is 0.264 e. The van der Waals surface area contributed by atoms with Crippen LogP contribution in [-0.2, 0) is 6.42 Å². The highest BCUT2D eigenvalue weighted by molar-refractivity contribution is 6.30. The van der Waals surface area contributed by atoms with Crippen LogP contribution in [-0.4, -0.2) is 12.5 Å². The number of rotatable bonds is 3. The minimum Gasteiger partial charge on any atom is -0.444 e. The van der Waals surface area contributed by atoms with Gasteiger partial charge in [0.1, 0.15) is 5.58 Å². The second kappa shape index (κ2) is 4.03. The van der Waals surface area contributed by atoms with E-state index in [0.717, 1.165) is 0 Å². The van der Waals surface area contributed by atoms with Crippen molar-refractivity contribution < 1.29 is 13.2 Å². The van der Waals surface area contributed by atoms with Crippen molar-refractivity contribution in [2.75, 3.05) is 6.54 Å². The van der Waals surface area contributed by atoms with Crippen molar-refractivity contribution >= 4 is 22.6 Å². The van der Waals surface area contributed by atoms with E-state index in [1.54, 1.807) is 24.3 Å². The molecule has 0 fully saturated rings. The Kier molecular flexibility index (Phi) is 2.86. The third-order valence-electron chi connectivity index (χ3n) is 2.38. The van der Waals surface area contributed by atoms with E-state index < -0.39 is 18.9 Å². The topological polar surface area (TPSA) is 39.2 Å². The Balaban J connectivity index is 2.47. The molecule has 86 valence electrons. The van der Waals surface area contributed by atoms with Crippen molar-refractivity contribution in [3.05, 3.63) is 35.0 Å². The SMILES string of the molecule is NCC(F)(F)Cc1c(Cl)oc2ccccc12. The van der Waals surface area contributed by atoms with E-state index in [-0.39, 0.29) is 5.22 Å². The molecule has 0 aliphatic carbocycles. The molecule has 0 saturated heterocycles. The minimum absolute atomic E-state index is 0.00863. The quantitative estimate of drug-likeness (QED) is 0.902. The van der Waals surface area contributed by atoms with Crippen molar-refractivity contribution in [1.82, 2.24) is 0 Å². The molecule has 1 aromatic heterocycles. The number of hydrogen-bond acceptors (Lipinski definition) is 2. The summed E-state index contributed by atoms with van der Waals surface area (Å²) in [6.45, 7) is -0.706. The van der Waals surface area contributed by atoms with Gasteiger partial charge in [-0.2, -0.15) is 0 Å². The molecule has 5 heteroatoms. The van der Waals surface area contributed by atoms with Crippen LogP contribution in [0.2, 0.25) is 5.22 Å². The lowest BCUT2D eigenvalue weighted by atomic mass is 10.1. The molecular weight excluding hydrogens is 236 g/mol. The summed E-state index contributed by atoms with van der Waals surface area (Å²) in [5.74, 6) is -2.96. The standard InChI is InChI=1S/C11H10ClF2NO/c12-10-8(5-11(13,14)6-15)7-3-1-2-4-9(7)16-10/h1-4H,5-6,15H2. The lowest BCUT2D eigenvalue weighted by Crippen LogP contribution is -2.30. The molecule has 0 amide bonds. The molecule has 2 aromatic rings. The van der Waals surface area contributed by atoms with E-state index >= 15 is 0 Å². The fourth-order valence-electron chi connectivity index (χ4n) is 1.56. The Morgan fingerprint density at radius 1 is 1.31 bits per heavy atom. The average Bonchev–Trinajstić information content (AvgIpc) is 2.56. The zero-order valence-electron chi connectivity index (χ0n) is 8.34. The monoisotopic (exact) mass is 245 g/mol. The molecule has 0 aliphatic rings. The molecule has 2 rings (SSSR count). The maximum Gasteiger partial charge on any atom is 0.264 e. The fraction of sp³-hybridized carbons (Fsp3) is 0.273. The highest BCUT2D eigenvalue weighted by atomic mass is 35.5. The summed E-state index contributed by atoms with van der Waals surface area (Å²) in [4.78, 5) is 0. The molecule has 0 bridgehead atoms. The van der Waals surface area contributed by atoms with Crippen LogP contribution in [0.1, 0.15) is 5.56 Å². The number of furan rings is 1. The second-order valence-electron chi connectivity index (χ2n) is 3.59. The van der Waals surface area contributed by atoms with Gasteiger partial charge < -0.3 is 10.2 Å². The fourth-order valence-corrected chi connectivity index (χ4v) is 1.82. The summed E-state index contributed by atoms with van der Waals surface area (Å²) in [6, 6.07) is 6.89. The summed E-state index contributed by atoms with van der Waals surface area (Å²) >= 11 is 5.79. The molecule has 0 aliphatic heterocycles. The van der Waals surface area contributed by atoms with Crippen LogP contribution in [0.25, 0.3) is 11.0 Å². The van der Waals surface area contributed by atoms with E-state index in [9.17, 15) is 8.78 Å². The van der Waals surface area contributed by atoms with Gasteiger partial charge in [0.05, 0.1) is 6.54 Å². The molecular formula is C11H10ClF2NO. The van der Waals surface area contributed by atoms with Crippen molar-refractivity contribution in [2.45, 2.75) is 12.3 Å². The number of para-hydroxylation sites is 1. The van der Waals surface area contributed by atoms with E-state index in [1.165, 1.54) is 0 Å². The van der Waals surface area contributed by atoms with E-state index in [1.807, 2.05) is 0 Å². The predicted molar refractivity (Wildman–Crippen MR) is 58.9 cm³/mol. The van der Waals surface area contributed by atoms with Gasteiger partial charge in [-0.25, -0.2) is 8.78 Å². The van der Waals surface area contributed by atoms with E-state index in [4.69, 9.17) is 21.8 Å².